The Kier molecular flexibility index (Phi) is 8.13. The summed E-state index contributed by atoms with van der Waals surface area (Å²) in [6, 6.07) is 11.4. The van der Waals surface area contributed by atoms with Gasteiger partial charge in [-0.1, -0.05) is 29.8 Å². The van der Waals surface area contributed by atoms with Gasteiger partial charge in [0.2, 0.25) is 5.75 Å². The molecule has 1 aliphatic rings. The molecule has 1 aliphatic heterocycles. The van der Waals surface area contributed by atoms with Gasteiger partial charge in [-0.15, -0.1) is 0 Å². The minimum absolute atomic E-state index is 0.107. The van der Waals surface area contributed by atoms with Crippen LogP contribution in [-0.2, 0) is 6.54 Å². The molecule has 1 saturated heterocycles. The van der Waals surface area contributed by atoms with Gasteiger partial charge in [-0.25, -0.2) is 0 Å². The maximum absolute atomic E-state index is 12.7. The number of methoxy groups -OCH3 is 2. The average molecular weight is 441 g/mol. The van der Waals surface area contributed by atoms with Crippen LogP contribution in [0.5, 0.6) is 17.2 Å². The van der Waals surface area contributed by atoms with Crippen LogP contribution in [0, 0.1) is 0 Å². The van der Waals surface area contributed by atoms with Crippen molar-refractivity contribution in [1.29, 1.82) is 0 Å². The second-order valence-electron chi connectivity index (χ2n) is 7.12. The van der Waals surface area contributed by atoms with Gasteiger partial charge in [0.1, 0.15) is 0 Å². The first-order valence-corrected chi connectivity index (χ1v) is 10.3. The molecule has 1 atom stereocenters. The van der Waals surface area contributed by atoms with E-state index in [0.29, 0.717) is 13.1 Å². The molecule has 164 valence electrons. The molecule has 0 amide bonds. The van der Waals surface area contributed by atoms with E-state index in [1.807, 2.05) is 18.2 Å². The zero-order valence-electron chi connectivity index (χ0n) is 17.2. The van der Waals surface area contributed by atoms with Crippen molar-refractivity contribution in [1.82, 2.24) is 10.2 Å². The minimum Gasteiger partial charge on any atom is -0.493 e. The predicted molar refractivity (Wildman–Crippen MR) is 113 cm³/mol. The number of ether oxygens (including phenoxy) is 3. The van der Waals surface area contributed by atoms with E-state index in [2.05, 4.69) is 21.0 Å². The van der Waals surface area contributed by atoms with Gasteiger partial charge in [-0.05, 0) is 55.3 Å². The molecule has 1 fully saturated rings. The molecule has 1 N–H and O–H groups in total. The topological polar surface area (TPSA) is 43.0 Å². The van der Waals surface area contributed by atoms with E-state index >= 15 is 0 Å². The lowest BCUT2D eigenvalue weighted by Crippen LogP contribution is -2.34. The van der Waals surface area contributed by atoms with Crippen molar-refractivity contribution >= 4 is 11.6 Å². The Morgan fingerprint density at radius 1 is 1.07 bits per heavy atom. The van der Waals surface area contributed by atoms with Crippen molar-refractivity contribution < 1.29 is 23.0 Å². The molecule has 8 heteroatoms. The fraction of sp³-hybridized carbons (Fsp3) is 0.455. The van der Waals surface area contributed by atoms with Crippen molar-refractivity contribution in [3.05, 3.63) is 52.5 Å². The lowest BCUT2D eigenvalue weighted by molar-refractivity contribution is -0.0526. The normalized spacial score (nSPS) is 15.4. The number of alkyl halides is 2. The number of nitrogens with one attached hydrogen (secondary N) is 1. The first-order valence-electron chi connectivity index (χ1n) is 9.92. The summed E-state index contributed by atoms with van der Waals surface area (Å²) in [7, 11) is 2.82. The van der Waals surface area contributed by atoms with E-state index < -0.39 is 6.61 Å². The molecule has 0 radical (unpaired) electrons. The van der Waals surface area contributed by atoms with Gasteiger partial charge < -0.3 is 19.5 Å². The highest BCUT2D eigenvalue weighted by Gasteiger charge is 2.25. The highest BCUT2D eigenvalue weighted by atomic mass is 35.5. The zero-order chi connectivity index (χ0) is 21.5. The summed E-state index contributed by atoms with van der Waals surface area (Å²) in [6.07, 6.45) is 2.36. The van der Waals surface area contributed by atoms with Gasteiger partial charge in [0, 0.05) is 24.2 Å². The van der Waals surface area contributed by atoms with Gasteiger partial charge in [0.15, 0.2) is 11.5 Å². The molecule has 0 spiro atoms. The first kappa shape index (κ1) is 22.6. The van der Waals surface area contributed by atoms with Gasteiger partial charge in [-0.3, -0.25) is 4.90 Å². The number of halogens is 3. The Bertz CT molecular complexity index is 807. The second-order valence-corrected chi connectivity index (χ2v) is 7.53. The summed E-state index contributed by atoms with van der Waals surface area (Å²) < 4.78 is 40.5. The van der Waals surface area contributed by atoms with Crippen LogP contribution in [0.4, 0.5) is 8.78 Å². The van der Waals surface area contributed by atoms with Crippen LogP contribution in [0.2, 0.25) is 5.02 Å². The third kappa shape index (κ3) is 5.53. The Balaban J connectivity index is 1.74. The summed E-state index contributed by atoms with van der Waals surface area (Å²) in [6.45, 7) is 0.325. The van der Waals surface area contributed by atoms with E-state index in [-0.39, 0.29) is 23.3 Å². The highest BCUT2D eigenvalue weighted by Crippen LogP contribution is 2.39. The third-order valence-corrected chi connectivity index (χ3v) is 5.58. The molecule has 30 heavy (non-hydrogen) atoms. The van der Waals surface area contributed by atoms with Crippen molar-refractivity contribution in [3.8, 4) is 17.2 Å². The molecule has 2 aromatic rings. The second kappa shape index (κ2) is 10.8. The van der Waals surface area contributed by atoms with E-state index in [1.54, 1.807) is 12.1 Å². The monoisotopic (exact) mass is 440 g/mol. The standard InChI is InChI=1S/C22H27ClF2N2O3/c1-28-19-11-15(12-20(29-2)21(19)30-22(24)25)13-26-14-18(27-9-5-6-10-27)16-7-3-4-8-17(16)23/h3-4,7-8,11-12,18,22,26H,5-6,9-10,13-14H2,1-2H3/t18-/m1/s1. The number of hydrogen-bond donors (Lipinski definition) is 1. The van der Waals surface area contributed by atoms with Crippen LogP contribution in [0.25, 0.3) is 0 Å². The van der Waals surface area contributed by atoms with Crippen molar-refractivity contribution in [2.75, 3.05) is 33.9 Å². The van der Waals surface area contributed by atoms with Gasteiger partial charge in [-0.2, -0.15) is 8.78 Å². The summed E-state index contributed by atoms with van der Waals surface area (Å²) in [5.41, 5.74) is 1.94. The molecular weight excluding hydrogens is 414 g/mol. The van der Waals surface area contributed by atoms with E-state index in [1.165, 1.54) is 27.1 Å². The Hall–Kier alpha value is -2.09. The number of hydrogen-bond acceptors (Lipinski definition) is 5. The Labute approximate surface area is 180 Å². The van der Waals surface area contributed by atoms with E-state index in [0.717, 1.165) is 29.2 Å². The SMILES string of the molecule is COc1cc(CNC[C@H](c2ccccc2Cl)N2CCCC2)cc(OC)c1OC(F)F. The fourth-order valence-corrected chi connectivity index (χ4v) is 4.09. The van der Waals surface area contributed by atoms with Crippen LogP contribution in [0.15, 0.2) is 36.4 Å². The molecule has 0 unspecified atom stereocenters. The van der Waals surface area contributed by atoms with Gasteiger partial charge >= 0.3 is 6.61 Å². The average Bonchev–Trinajstić information content (AvgIpc) is 3.26. The van der Waals surface area contributed by atoms with E-state index in [9.17, 15) is 8.78 Å². The summed E-state index contributed by atoms with van der Waals surface area (Å²) in [5, 5.41) is 4.22. The van der Waals surface area contributed by atoms with Crippen molar-refractivity contribution in [2.24, 2.45) is 0 Å². The Morgan fingerprint density at radius 3 is 2.27 bits per heavy atom. The summed E-state index contributed by atoms with van der Waals surface area (Å²) in [4.78, 5) is 2.44. The predicted octanol–water partition coefficient (Wildman–Crippen LogP) is 4.89. The molecule has 3 rings (SSSR count). The van der Waals surface area contributed by atoms with Crippen molar-refractivity contribution in [2.45, 2.75) is 32.0 Å². The van der Waals surface area contributed by atoms with Gasteiger partial charge in [0.05, 0.1) is 14.2 Å². The number of nitrogens with zero attached hydrogens (tertiary/aromatic N) is 1. The molecular formula is C22H27ClF2N2O3. The fourth-order valence-electron chi connectivity index (χ4n) is 3.83. The molecule has 1 heterocycles. The number of benzene rings is 2. The number of likely N-dealkylation sites (tertiary alicyclic amines) is 1. The quantitative estimate of drug-likeness (QED) is 0.570. The van der Waals surface area contributed by atoms with E-state index in [4.69, 9.17) is 21.1 Å². The molecule has 0 aliphatic carbocycles. The molecule has 2 aromatic carbocycles. The third-order valence-electron chi connectivity index (χ3n) is 5.24. The largest absolute Gasteiger partial charge is 0.493 e. The molecule has 0 aromatic heterocycles. The molecule has 5 nitrogen and oxygen atoms in total. The zero-order valence-corrected chi connectivity index (χ0v) is 17.9. The van der Waals surface area contributed by atoms with Crippen LogP contribution in [0.1, 0.15) is 30.0 Å². The van der Waals surface area contributed by atoms with Crippen molar-refractivity contribution in [3.63, 3.8) is 0 Å². The maximum atomic E-state index is 12.7. The smallest absolute Gasteiger partial charge is 0.387 e. The lowest BCUT2D eigenvalue weighted by atomic mass is 10.0. The maximum Gasteiger partial charge on any atom is 0.387 e. The van der Waals surface area contributed by atoms with Crippen LogP contribution in [-0.4, -0.2) is 45.4 Å². The number of rotatable bonds is 10. The summed E-state index contributed by atoms with van der Waals surface area (Å²) >= 11 is 6.47. The highest BCUT2D eigenvalue weighted by molar-refractivity contribution is 6.31. The van der Waals surface area contributed by atoms with Gasteiger partial charge in [0.25, 0.3) is 0 Å². The molecule has 0 bridgehead atoms. The van der Waals surface area contributed by atoms with Crippen LogP contribution < -0.4 is 19.5 Å². The van der Waals surface area contributed by atoms with Crippen LogP contribution >= 0.6 is 11.6 Å². The first-order chi connectivity index (χ1) is 14.5. The lowest BCUT2D eigenvalue weighted by Gasteiger charge is -2.29. The molecule has 0 saturated carbocycles. The van der Waals surface area contributed by atoms with Crippen LogP contribution in [0.3, 0.4) is 0 Å². The Morgan fingerprint density at radius 2 is 1.70 bits per heavy atom. The summed E-state index contributed by atoms with van der Waals surface area (Å²) in [5.74, 6) is 0.298. The minimum atomic E-state index is -2.96.